The van der Waals surface area contributed by atoms with E-state index >= 15 is 0 Å². The largest absolute Gasteiger partial charge is 0.454 e. The van der Waals surface area contributed by atoms with Crippen molar-refractivity contribution in [2.45, 2.75) is 0 Å². The minimum Gasteiger partial charge on any atom is -0.454 e. The van der Waals surface area contributed by atoms with Crippen LogP contribution in [-0.2, 0) is 7.05 Å². The average Bonchev–Trinajstić information content (AvgIpc) is 3.62. The van der Waals surface area contributed by atoms with E-state index < -0.39 is 0 Å². The van der Waals surface area contributed by atoms with Gasteiger partial charge in [0.15, 0.2) is 29.2 Å². The third-order valence-electron chi connectivity index (χ3n) is 6.86. The van der Waals surface area contributed by atoms with Gasteiger partial charge in [0.2, 0.25) is 19.1 Å². The summed E-state index contributed by atoms with van der Waals surface area (Å²) in [6.45, 7) is 0.461. The summed E-state index contributed by atoms with van der Waals surface area (Å²) in [5.74, 6) is 3.12. The number of imidazole rings is 1. The highest BCUT2D eigenvalue weighted by atomic mass is 16.7. The Hall–Kier alpha value is -4.52. The van der Waals surface area contributed by atoms with E-state index in [1.165, 1.54) is 0 Å². The van der Waals surface area contributed by atoms with Crippen LogP contribution in [0.2, 0.25) is 0 Å². The fraction of sp³-hybridized carbons (Fsp3) is 0.111. The topological polar surface area (TPSA) is 69.5 Å². The van der Waals surface area contributed by atoms with Crippen LogP contribution >= 0.6 is 0 Å². The average molecular weight is 448 g/mol. The van der Waals surface area contributed by atoms with E-state index in [1.54, 1.807) is 6.33 Å². The van der Waals surface area contributed by atoms with Crippen molar-refractivity contribution in [2.24, 2.45) is 7.05 Å². The number of rotatable bonds is 1. The summed E-state index contributed by atoms with van der Waals surface area (Å²) in [5.41, 5.74) is 5.08. The standard InChI is InChI=1S/C27H17N3O4/c1-30-10-20-19(16-4-2-15-7-23-24(32-12-31-23)9-17(15)25(16)30)8-18(26-27(20)34-13-33-26)14-3-5-21-22(6-14)29-11-28-21/h2-11H,12-13H2,1H3/p+1. The maximum atomic E-state index is 6.01. The lowest BCUT2D eigenvalue weighted by Gasteiger charge is -2.12. The van der Waals surface area contributed by atoms with Crippen LogP contribution in [0.5, 0.6) is 23.0 Å². The van der Waals surface area contributed by atoms with Crippen molar-refractivity contribution in [3.63, 3.8) is 0 Å². The number of benzene rings is 4. The van der Waals surface area contributed by atoms with Crippen LogP contribution in [0.3, 0.4) is 0 Å². The first-order chi connectivity index (χ1) is 16.7. The van der Waals surface area contributed by atoms with Crippen LogP contribution in [0.15, 0.2) is 61.1 Å². The molecule has 0 aliphatic carbocycles. The predicted octanol–water partition coefficient (Wildman–Crippen LogP) is 4.97. The monoisotopic (exact) mass is 448 g/mol. The molecule has 0 fully saturated rings. The second-order valence-corrected chi connectivity index (χ2v) is 8.71. The van der Waals surface area contributed by atoms with Crippen molar-refractivity contribution < 1.29 is 23.5 Å². The molecule has 34 heavy (non-hydrogen) atoms. The van der Waals surface area contributed by atoms with Crippen LogP contribution in [0.4, 0.5) is 0 Å². The van der Waals surface area contributed by atoms with Gasteiger partial charge in [-0.2, -0.15) is 4.57 Å². The normalized spacial score (nSPS) is 14.1. The summed E-state index contributed by atoms with van der Waals surface area (Å²) < 4.78 is 25.4. The van der Waals surface area contributed by atoms with Crippen LogP contribution in [-0.4, -0.2) is 23.6 Å². The summed E-state index contributed by atoms with van der Waals surface area (Å²) in [4.78, 5) is 7.55. The molecule has 0 saturated carbocycles. The van der Waals surface area contributed by atoms with Crippen molar-refractivity contribution in [2.75, 3.05) is 13.6 Å². The molecule has 2 aliphatic rings. The van der Waals surface area contributed by atoms with Crippen molar-refractivity contribution in [3.8, 4) is 34.1 Å². The number of pyridine rings is 1. The molecule has 4 heterocycles. The van der Waals surface area contributed by atoms with E-state index in [4.69, 9.17) is 18.9 Å². The first-order valence-corrected chi connectivity index (χ1v) is 11.1. The second kappa shape index (κ2) is 6.29. The molecule has 0 radical (unpaired) electrons. The first-order valence-electron chi connectivity index (χ1n) is 11.1. The maximum absolute atomic E-state index is 6.01. The fourth-order valence-electron chi connectivity index (χ4n) is 5.31. The van der Waals surface area contributed by atoms with Gasteiger partial charge in [0.1, 0.15) is 7.05 Å². The van der Waals surface area contributed by atoms with Gasteiger partial charge in [-0.25, -0.2) is 4.98 Å². The van der Waals surface area contributed by atoms with Crippen LogP contribution < -0.4 is 23.5 Å². The molecule has 7 nitrogen and oxygen atoms in total. The molecule has 6 aromatic rings. The Bertz CT molecular complexity index is 1840. The van der Waals surface area contributed by atoms with Gasteiger partial charge < -0.3 is 23.9 Å². The third kappa shape index (κ3) is 2.30. The molecule has 0 amide bonds. The molecule has 0 spiro atoms. The van der Waals surface area contributed by atoms with Crippen LogP contribution in [0.1, 0.15) is 0 Å². The van der Waals surface area contributed by atoms with Crippen LogP contribution in [0.25, 0.3) is 54.6 Å². The van der Waals surface area contributed by atoms with Gasteiger partial charge in [-0.3, -0.25) is 0 Å². The maximum Gasteiger partial charge on any atom is 0.231 e. The lowest BCUT2D eigenvalue weighted by atomic mass is 9.95. The summed E-state index contributed by atoms with van der Waals surface area (Å²) in [5, 5.41) is 5.49. The Kier molecular flexibility index (Phi) is 3.32. The number of H-pyrrole nitrogens is 1. The Morgan fingerprint density at radius 2 is 1.65 bits per heavy atom. The van der Waals surface area contributed by atoms with Gasteiger partial charge in [0, 0.05) is 10.9 Å². The Labute approximate surface area is 193 Å². The summed E-state index contributed by atoms with van der Waals surface area (Å²) >= 11 is 0. The molecule has 2 aromatic heterocycles. The lowest BCUT2D eigenvalue weighted by molar-refractivity contribution is -0.642. The van der Waals surface area contributed by atoms with Gasteiger partial charge in [-0.05, 0) is 47.3 Å². The van der Waals surface area contributed by atoms with Gasteiger partial charge >= 0.3 is 0 Å². The summed E-state index contributed by atoms with van der Waals surface area (Å²) in [6, 6.07) is 16.8. The van der Waals surface area contributed by atoms with Crippen molar-refractivity contribution in [1.82, 2.24) is 9.97 Å². The number of nitrogens with zero attached hydrogens (tertiary/aromatic N) is 2. The minimum atomic E-state index is 0.205. The summed E-state index contributed by atoms with van der Waals surface area (Å²) in [7, 11) is 2.06. The minimum absolute atomic E-state index is 0.205. The van der Waals surface area contributed by atoms with E-state index in [2.05, 4.69) is 64.2 Å². The van der Waals surface area contributed by atoms with E-state index in [0.717, 1.165) is 77.6 Å². The molecule has 0 saturated heterocycles. The van der Waals surface area contributed by atoms with Gasteiger partial charge in [0.25, 0.3) is 0 Å². The highest BCUT2D eigenvalue weighted by molar-refractivity contribution is 6.16. The van der Waals surface area contributed by atoms with Crippen LogP contribution in [0, 0.1) is 0 Å². The van der Waals surface area contributed by atoms with E-state index in [-0.39, 0.29) is 13.6 Å². The number of aryl methyl sites for hydroxylation is 1. The number of hydrogen-bond donors (Lipinski definition) is 1. The molecular formula is C27H18N3O4+. The van der Waals surface area contributed by atoms with E-state index in [1.807, 2.05) is 12.1 Å². The quantitative estimate of drug-likeness (QED) is 0.284. The fourth-order valence-corrected chi connectivity index (χ4v) is 5.31. The molecule has 0 unspecified atom stereocenters. The molecular weight excluding hydrogens is 430 g/mol. The van der Waals surface area contributed by atoms with Crippen molar-refractivity contribution >= 4 is 43.5 Å². The molecule has 8 rings (SSSR count). The number of ether oxygens (including phenoxy) is 4. The van der Waals surface area contributed by atoms with E-state index in [9.17, 15) is 0 Å². The molecule has 4 aromatic carbocycles. The summed E-state index contributed by atoms with van der Waals surface area (Å²) in [6.07, 6.45) is 3.83. The number of nitrogens with one attached hydrogen (secondary N) is 1. The van der Waals surface area contributed by atoms with Gasteiger partial charge in [-0.1, -0.05) is 12.1 Å². The van der Waals surface area contributed by atoms with Gasteiger partial charge in [0.05, 0.1) is 33.5 Å². The number of aromatic nitrogens is 3. The first kappa shape index (κ1) is 18.0. The second-order valence-electron chi connectivity index (χ2n) is 8.71. The molecule has 0 bridgehead atoms. The van der Waals surface area contributed by atoms with E-state index in [0.29, 0.717) is 0 Å². The smallest absolute Gasteiger partial charge is 0.231 e. The number of aromatic amines is 1. The number of fused-ring (bicyclic) bond motifs is 9. The zero-order valence-corrected chi connectivity index (χ0v) is 18.2. The molecule has 0 atom stereocenters. The lowest BCUT2D eigenvalue weighted by Crippen LogP contribution is -2.28. The Morgan fingerprint density at radius 3 is 2.59 bits per heavy atom. The third-order valence-corrected chi connectivity index (χ3v) is 6.86. The Morgan fingerprint density at radius 1 is 0.794 bits per heavy atom. The zero-order valence-electron chi connectivity index (χ0n) is 18.2. The SMILES string of the molecule is C[n+]1cc2c3c(c(-c4ccc5nc[nH]c5c4)cc2c2ccc4cc5c(cc4c21)OCO5)OCO3. The zero-order chi connectivity index (χ0) is 22.4. The van der Waals surface area contributed by atoms with Crippen molar-refractivity contribution in [1.29, 1.82) is 0 Å². The highest BCUT2D eigenvalue weighted by Gasteiger charge is 2.27. The molecule has 7 heteroatoms. The molecule has 1 N–H and O–H groups in total. The van der Waals surface area contributed by atoms with Gasteiger partial charge in [-0.15, -0.1) is 0 Å². The van der Waals surface area contributed by atoms with Crippen molar-refractivity contribution in [3.05, 3.63) is 61.1 Å². The molecule has 164 valence electrons. The highest BCUT2D eigenvalue weighted by Crippen LogP contribution is 2.48. The predicted molar refractivity (Wildman–Crippen MR) is 127 cm³/mol. The Balaban J connectivity index is 1.49. The molecule has 2 aliphatic heterocycles. The number of hydrogen-bond acceptors (Lipinski definition) is 5.